The van der Waals surface area contributed by atoms with Crippen LogP contribution >= 0.6 is 0 Å². The summed E-state index contributed by atoms with van der Waals surface area (Å²) in [4.78, 5) is 2.98. The second-order valence-electron chi connectivity index (χ2n) is 0.789. The van der Waals surface area contributed by atoms with E-state index in [1.165, 1.54) is 0 Å². The Morgan fingerprint density at radius 2 is 2.40 bits per heavy atom. The molecule has 0 spiro atoms. The molecule has 0 aliphatic heterocycles. The first-order valence-corrected chi connectivity index (χ1v) is 2.70. The van der Waals surface area contributed by atoms with Crippen molar-refractivity contribution in [1.29, 1.82) is 0 Å². The number of rotatable bonds is 1. The van der Waals surface area contributed by atoms with Crippen molar-refractivity contribution in [1.82, 2.24) is 4.98 Å². The van der Waals surface area contributed by atoms with Gasteiger partial charge in [-0.05, 0) is 13.1 Å². The minimum atomic E-state index is 1.06. The zero-order chi connectivity index (χ0) is 4.12. The maximum atomic E-state index is 2.98. The van der Waals surface area contributed by atoms with E-state index in [2.05, 4.69) is 4.98 Å². The van der Waals surface area contributed by atoms with Gasteiger partial charge in [-0.2, -0.15) is 0 Å². The fourth-order valence-electron chi connectivity index (χ4n) is 0.167. The molecule has 0 heterocycles. The standard InChI is InChI=1S/C3H9NSi/c1-2-3-4-5/h2-4H,1,5H3. The predicted molar refractivity (Wildman–Crippen MR) is 27.9 cm³/mol. The lowest BCUT2D eigenvalue weighted by Crippen LogP contribution is -1.92. The fraction of sp³-hybridized carbons (Fsp3) is 0.333. The number of hydrogen-bond donors (Lipinski definition) is 1. The van der Waals surface area contributed by atoms with E-state index in [1.807, 2.05) is 19.2 Å². The van der Waals surface area contributed by atoms with Gasteiger partial charge in [0, 0.05) is 0 Å². The Morgan fingerprint density at radius 3 is 2.40 bits per heavy atom. The minimum absolute atomic E-state index is 1.06. The Labute approximate surface area is 35.6 Å². The predicted octanol–water partition coefficient (Wildman–Crippen LogP) is -0.610. The molecule has 0 fully saturated rings. The molecule has 0 saturated carbocycles. The van der Waals surface area contributed by atoms with Gasteiger partial charge in [-0.15, -0.1) is 0 Å². The summed E-state index contributed by atoms with van der Waals surface area (Å²) in [6.07, 6.45) is 3.92. The number of hydrogen-bond acceptors (Lipinski definition) is 1. The smallest absolute Gasteiger partial charge is 0.103 e. The van der Waals surface area contributed by atoms with Gasteiger partial charge in [0.1, 0.15) is 10.4 Å². The van der Waals surface area contributed by atoms with Crippen molar-refractivity contribution in [3.05, 3.63) is 12.3 Å². The topological polar surface area (TPSA) is 12.0 Å². The molecular weight excluding hydrogens is 78.1 g/mol. The van der Waals surface area contributed by atoms with Crippen molar-refractivity contribution in [2.75, 3.05) is 0 Å². The lowest BCUT2D eigenvalue weighted by atomic mass is 10.7. The molecule has 30 valence electrons. The molecule has 1 N–H and O–H groups in total. The van der Waals surface area contributed by atoms with Crippen LogP contribution in [0.5, 0.6) is 0 Å². The molecule has 0 rings (SSSR count). The van der Waals surface area contributed by atoms with Gasteiger partial charge in [0.15, 0.2) is 0 Å². The first-order chi connectivity index (χ1) is 2.41. The van der Waals surface area contributed by atoms with Gasteiger partial charge in [0.25, 0.3) is 0 Å². The van der Waals surface area contributed by atoms with Crippen molar-refractivity contribution in [3.63, 3.8) is 0 Å². The van der Waals surface area contributed by atoms with Crippen LogP contribution in [0.1, 0.15) is 6.92 Å². The molecule has 2 heteroatoms. The summed E-state index contributed by atoms with van der Waals surface area (Å²) < 4.78 is 0. The SMILES string of the molecule is CC=CN[SiH3]. The summed E-state index contributed by atoms with van der Waals surface area (Å²) in [5, 5.41) is 0. The molecule has 0 unspecified atom stereocenters. The molecule has 0 saturated heterocycles. The maximum absolute atomic E-state index is 2.98. The number of nitrogens with one attached hydrogen (secondary N) is 1. The van der Waals surface area contributed by atoms with Crippen LogP contribution in [0.25, 0.3) is 0 Å². The molecule has 0 aromatic rings. The fourth-order valence-corrected chi connectivity index (χ4v) is 0.500. The van der Waals surface area contributed by atoms with Crippen LogP contribution in [-0.2, 0) is 0 Å². The van der Waals surface area contributed by atoms with Crippen LogP contribution in [0.4, 0.5) is 0 Å². The van der Waals surface area contributed by atoms with Crippen LogP contribution in [-0.4, -0.2) is 10.4 Å². The molecule has 0 bridgehead atoms. The van der Waals surface area contributed by atoms with Crippen molar-refractivity contribution in [3.8, 4) is 0 Å². The lowest BCUT2D eigenvalue weighted by Gasteiger charge is -1.75. The van der Waals surface area contributed by atoms with E-state index in [0.29, 0.717) is 0 Å². The third-order valence-electron chi connectivity index (χ3n) is 0.333. The second kappa shape index (κ2) is 3.76. The summed E-state index contributed by atoms with van der Waals surface area (Å²) in [5.41, 5.74) is 0. The van der Waals surface area contributed by atoms with Gasteiger partial charge < -0.3 is 4.98 Å². The van der Waals surface area contributed by atoms with E-state index >= 15 is 0 Å². The maximum Gasteiger partial charge on any atom is 0.103 e. The van der Waals surface area contributed by atoms with Gasteiger partial charge in [-0.3, -0.25) is 0 Å². The Hall–Kier alpha value is -0.243. The van der Waals surface area contributed by atoms with Crippen LogP contribution in [0, 0.1) is 0 Å². The Bertz CT molecular complexity index is 33.9. The molecular formula is C3H9NSi. The van der Waals surface area contributed by atoms with E-state index in [4.69, 9.17) is 0 Å². The average Bonchev–Trinajstić information content (AvgIpc) is 1.41. The number of allylic oxidation sites excluding steroid dienone is 1. The Kier molecular flexibility index (Phi) is 3.57. The molecule has 0 amide bonds. The highest BCUT2D eigenvalue weighted by Crippen LogP contribution is 1.52. The van der Waals surface area contributed by atoms with Crippen LogP contribution in [0.15, 0.2) is 12.3 Å². The first-order valence-electron chi connectivity index (χ1n) is 1.70. The van der Waals surface area contributed by atoms with Crippen molar-refractivity contribution in [2.45, 2.75) is 6.92 Å². The molecule has 0 aromatic carbocycles. The third kappa shape index (κ3) is 3.76. The third-order valence-corrected chi connectivity index (χ3v) is 0.667. The van der Waals surface area contributed by atoms with E-state index in [0.717, 1.165) is 10.4 Å². The van der Waals surface area contributed by atoms with Crippen LogP contribution < -0.4 is 4.98 Å². The highest BCUT2D eigenvalue weighted by atomic mass is 28.2. The minimum Gasteiger partial charge on any atom is -0.425 e. The van der Waals surface area contributed by atoms with Crippen LogP contribution in [0.3, 0.4) is 0 Å². The zero-order valence-corrected chi connectivity index (χ0v) is 5.65. The second-order valence-corrected chi connectivity index (χ2v) is 1.37. The molecule has 0 aliphatic rings. The van der Waals surface area contributed by atoms with Gasteiger partial charge >= 0.3 is 0 Å². The van der Waals surface area contributed by atoms with E-state index in [9.17, 15) is 0 Å². The highest BCUT2D eigenvalue weighted by Gasteiger charge is 1.45. The molecule has 0 aromatic heterocycles. The van der Waals surface area contributed by atoms with E-state index in [1.54, 1.807) is 0 Å². The first kappa shape index (κ1) is 4.76. The van der Waals surface area contributed by atoms with Crippen molar-refractivity contribution >= 4 is 10.4 Å². The van der Waals surface area contributed by atoms with Gasteiger partial charge in [-0.25, -0.2) is 0 Å². The molecule has 5 heavy (non-hydrogen) atoms. The summed E-state index contributed by atoms with van der Waals surface area (Å²) >= 11 is 0. The average molecular weight is 87.2 g/mol. The van der Waals surface area contributed by atoms with Gasteiger partial charge in [0.2, 0.25) is 0 Å². The molecule has 1 nitrogen and oxygen atoms in total. The summed E-state index contributed by atoms with van der Waals surface area (Å²) in [6, 6.07) is 0. The monoisotopic (exact) mass is 87.1 g/mol. The van der Waals surface area contributed by atoms with Gasteiger partial charge in [0.05, 0.1) is 0 Å². The lowest BCUT2D eigenvalue weighted by molar-refractivity contribution is 1.37. The van der Waals surface area contributed by atoms with Crippen molar-refractivity contribution in [2.24, 2.45) is 0 Å². The van der Waals surface area contributed by atoms with Crippen LogP contribution in [0.2, 0.25) is 0 Å². The largest absolute Gasteiger partial charge is 0.425 e. The normalized spacial score (nSPS) is 9.80. The molecule has 0 aliphatic carbocycles. The zero-order valence-electron chi connectivity index (χ0n) is 3.65. The Balaban J connectivity index is 2.62. The summed E-state index contributed by atoms with van der Waals surface area (Å²) in [5.74, 6) is 0. The van der Waals surface area contributed by atoms with Gasteiger partial charge in [-0.1, -0.05) is 6.08 Å². The highest BCUT2D eigenvalue weighted by molar-refractivity contribution is 6.05. The summed E-state index contributed by atoms with van der Waals surface area (Å²) in [6.45, 7) is 1.99. The van der Waals surface area contributed by atoms with E-state index < -0.39 is 0 Å². The van der Waals surface area contributed by atoms with E-state index in [-0.39, 0.29) is 0 Å². The molecule has 0 atom stereocenters. The van der Waals surface area contributed by atoms with Crippen molar-refractivity contribution < 1.29 is 0 Å². The quantitative estimate of drug-likeness (QED) is 0.421. The summed E-state index contributed by atoms with van der Waals surface area (Å²) in [7, 11) is 1.06. The molecule has 0 radical (unpaired) electrons. The Morgan fingerprint density at radius 1 is 1.80 bits per heavy atom.